The van der Waals surface area contributed by atoms with Gasteiger partial charge >= 0.3 is 0 Å². The highest BCUT2D eigenvalue weighted by Gasteiger charge is 2.02. The first kappa shape index (κ1) is 11.2. The quantitative estimate of drug-likeness (QED) is 0.691. The molecule has 0 bridgehead atoms. The first-order valence-corrected chi connectivity index (χ1v) is 6.41. The third-order valence-corrected chi connectivity index (χ3v) is 3.01. The topological polar surface area (TPSA) is 34.1 Å². The van der Waals surface area contributed by atoms with Crippen LogP contribution in [-0.2, 0) is 9.84 Å². The maximum atomic E-state index is 11.0. The van der Waals surface area contributed by atoms with Gasteiger partial charge in [0.05, 0.1) is 5.75 Å². The zero-order valence-corrected chi connectivity index (χ0v) is 8.99. The van der Waals surface area contributed by atoms with E-state index in [0.717, 1.165) is 12.8 Å². The monoisotopic (exact) mass is 240 g/mol. The molecule has 0 aromatic rings. The fourth-order valence-corrected chi connectivity index (χ4v) is 2.25. The van der Waals surface area contributed by atoms with Crippen LogP contribution in [0.5, 0.6) is 0 Å². The Morgan fingerprint density at radius 1 is 1.45 bits per heavy atom. The van der Waals surface area contributed by atoms with Crippen LogP contribution in [0.15, 0.2) is 11.5 Å². The van der Waals surface area contributed by atoms with Crippen LogP contribution in [-0.4, -0.2) is 19.5 Å². The first-order chi connectivity index (χ1) is 5.12. The molecule has 0 heterocycles. The van der Waals surface area contributed by atoms with Crippen molar-refractivity contribution in [1.29, 1.82) is 0 Å². The Labute approximate surface area is 76.7 Å². The SMILES string of the molecule is CCCCS(=O)(=O)/C=C/CBr. The molecule has 0 N–H and O–H groups in total. The summed E-state index contributed by atoms with van der Waals surface area (Å²) in [6.45, 7) is 1.98. The van der Waals surface area contributed by atoms with Crippen LogP contribution in [0.3, 0.4) is 0 Å². The molecule has 11 heavy (non-hydrogen) atoms. The van der Waals surface area contributed by atoms with Crippen molar-refractivity contribution < 1.29 is 8.42 Å². The second kappa shape index (κ2) is 5.77. The second-order valence-corrected chi connectivity index (χ2v) is 4.90. The Morgan fingerprint density at radius 3 is 2.55 bits per heavy atom. The molecule has 0 atom stereocenters. The Bertz CT molecular complexity index is 206. The van der Waals surface area contributed by atoms with Crippen molar-refractivity contribution in [2.45, 2.75) is 19.8 Å². The lowest BCUT2D eigenvalue weighted by Gasteiger charge is -1.94. The molecule has 0 saturated heterocycles. The van der Waals surface area contributed by atoms with E-state index in [2.05, 4.69) is 15.9 Å². The van der Waals surface area contributed by atoms with Gasteiger partial charge in [0.2, 0.25) is 0 Å². The van der Waals surface area contributed by atoms with Crippen molar-refractivity contribution in [2.75, 3.05) is 11.1 Å². The summed E-state index contributed by atoms with van der Waals surface area (Å²) in [6, 6.07) is 0. The largest absolute Gasteiger partial charge is 0.224 e. The van der Waals surface area contributed by atoms with Gasteiger partial charge in [-0.25, -0.2) is 8.42 Å². The standard InChI is InChI=1S/C7H13BrO2S/c1-2-3-6-11(9,10)7-4-5-8/h4,7H,2-3,5-6H2,1H3/b7-4+. The Balaban J connectivity index is 3.92. The highest BCUT2D eigenvalue weighted by molar-refractivity contribution is 9.09. The molecule has 0 saturated carbocycles. The Morgan fingerprint density at radius 2 is 2.09 bits per heavy atom. The molecule has 66 valence electrons. The molecule has 0 amide bonds. The summed E-state index contributed by atoms with van der Waals surface area (Å²) in [6.07, 6.45) is 3.27. The van der Waals surface area contributed by atoms with Gasteiger partial charge in [0.15, 0.2) is 9.84 Å². The van der Waals surface area contributed by atoms with E-state index in [0.29, 0.717) is 5.33 Å². The van der Waals surface area contributed by atoms with Crippen LogP contribution < -0.4 is 0 Å². The molecule has 0 aromatic carbocycles. The van der Waals surface area contributed by atoms with E-state index in [1.54, 1.807) is 6.08 Å². The summed E-state index contributed by atoms with van der Waals surface area (Å²) in [7, 11) is -2.92. The number of hydrogen-bond donors (Lipinski definition) is 0. The fraction of sp³-hybridized carbons (Fsp3) is 0.714. The highest BCUT2D eigenvalue weighted by Crippen LogP contribution is 1.99. The van der Waals surface area contributed by atoms with Crippen LogP contribution in [0.2, 0.25) is 0 Å². The van der Waals surface area contributed by atoms with E-state index in [9.17, 15) is 8.42 Å². The molecular weight excluding hydrogens is 228 g/mol. The third kappa shape index (κ3) is 6.56. The van der Waals surface area contributed by atoms with Crippen molar-refractivity contribution in [3.8, 4) is 0 Å². The molecule has 4 heteroatoms. The van der Waals surface area contributed by atoms with Crippen LogP contribution in [0.25, 0.3) is 0 Å². The minimum absolute atomic E-state index is 0.271. The van der Waals surface area contributed by atoms with Crippen molar-refractivity contribution in [3.05, 3.63) is 11.5 Å². The summed E-state index contributed by atoms with van der Waals surface area (Å²) >= 11 is 3.12. The minimum Gasteiger partial charge on any atom is -0.224 e. The van der Waals surface area contributed by atoms with Gasteiger partial charge in [-0.2, -0.15) is 0 Å². The van der Waals surface area contributed by atoms with E-state index in [-0.39, 0.29) is 5.75 Å². The van der Waals surface area contributed by atoms with E-state index in [1.165, 1.54) is 5.41 Å². The summed E-state index contributed by atoms with van der Waals surface area (Å²) < 4.78 is 22.1. The van der Waals surface area contributed by atoms with E-state index in [4.69, 9.17) is 0 Å². The number of alkyl halides is 1. The Kier molecular flexibility index (Phi) is 5.86. The minimum atomic E-state index is -2.92. The second-order valence-electron chi connectivity index (χ2n) is 2.25. The highest BCUT2D eigenvalue weighted by atomic mass is 79.9. The number of rotatable bonds is 5. The zero-order chi connectivity index (χ0) is 8.74. The molecule has 0 aliphatic carbocycles. The summed E-state index contributed by atoms with van der Waals surface area (Å²) in [5.41, 5.74) is 0. The number of hydrogen-bond acceptors (Lipinski definition) is 2. The summed E-state index contributed by atoms with van der Waals surface area (Å²) in [4.78, 5) is 0. The average molecular weight is 241 g/mol. The van der Waals surface area contributed by atoms with Gasteiger partial charge in [0, 0.05) is 10.7 Å². The molecule has 0 rings (SSSR count). The van der Waals surface area contributed by atoms with Gasteiger partial charge in [0.1, 0.15) is 0 Å². The molecule has 0 spiro atoms. The van der Waals surface area contributed by atoms with Gasteiger partial charge in [0.25, 0.3) is 0 Å². The predicted molar refractivity (Wildman–Crippen MR) is 51.6 cm³/mol. The number of allylic oxidation sites excluding steroid dienone is 1. The van der Waals surface area contributed by atoms with E-state index in [1.807, 2.05) is 6.92 Å². The lowest BCUT2D eigenvalue weighted by atomic mass is 10.4. The number of halogens is 1. The average Bonchev–Trinajstić information content (AvgIpc) is 1.97. The molecule has 0 radical (unpaired) electrons. The van der Waals surface area contributed by atoms with Crippen LogP contribution in [0.4, 0.5) is 0 Å². The number of unbranched alkanes of at least 4 members (excludes halogenated alkanes) is 1. The van der Waals surface area contributed by atoms with Crippen molar-refractivity contribution in [2.24, 2.45) is 0 Å². The maximum Gasteiger partial charge on any atom is 0.171 e. The lowest BCUT2D eigenvalue weighted by molar-refractivity contribution is 0.601. The van der Waals surface area contributed by atoms with Gasteiger partial charge in [-0.3, -0.25) is 0 Å². The van der Waals surface area contributed by atoms with E-state index >= 15 is 0 Å². The summed E-state index contributed by atoms with van der Waals surface area (Å²) in [5, 5.41) is 1.87. The maximum absolute atomic E-state index is 11.0. The van der Waals surface area contributed by atoms with Crippen LogP contribution in [0.1, 0.15) is 19.8 Å². The van der Waals surface area contributed by atoms with Gasteiger partial charge in [-0.1, -0.05) is 35.4 Å². The normalized spacial score (nSPS) is 12.5. The fourth-order valence-electron chi connectivity index (χ4n) is 0.597. The van der Waals surface area contributed by atoms with E-state index < -0.39 is 9.84 Å². The molecule has 0 fully saturated rings. The van der Waals surface area contributed by atoms with Gasteiger partial charge in [-0.05, 0) is 6.42 Å². The number of sulfone groups is 1. The predicted octanol–water partition coefficient (Wildman–Crippen LogP) is 2.11. The zero-order valence-electron chi connectivity index (χ0n) is 6.59. The molecule has 0 unspecified atom stereocenters. The Hall–Kier alpha value is 0.170. The smallest absolute Gasteiger partial charge is 0.171 e. The van der Waals surface area contributed by atoms with Crippen LogP contribution in [0, 0.1) is 0 Å². The van der Waals surface area contributed by atoms with Gasteiger partial charge in [-0.15, -0.1) is 0 Å². The summed E-state index contributed by atoms with van der Waals surface area (Å²) in [5.74, 6) is 0.271. The molecule has 0 aliphatic heterocycles. The third-order valence-electron chi connectivity index (χ3n) is 1.18. The molecular formula is C7H13BrO2S. The van der Waals surface area contributed by atoms with Crippen molar-refractivity contribution in [3.63, 3.8) is 0 Å². The molecule has 0 aliphatic rings. The molecule has 0 aromatic heterocycles. The van der Waals surface area contributed by atoms with Crippen LogP contribution >= 0.6 is 15.9 Å². The lowest BCUT2D eigenvalue weighted by Crippen LogP contribution is -2.01. The van der Waals surface area contributed by atoms with Gasteiger partial charge < -0.3 is 0 Å². The van der Waals surface area contributed by atoms with Crippen molar-refractivity contribution in [1.82, 2.24) is 0 Å². The first-order valence-electron chi connectivity index (χ1n) is 3.57. The molecule has 2 nitrogen and oxygen atoms in total. The van der Waals surface area contributed by atoms with Crippen molar-refractivity contribution >= 4 is 25.8 Å².